The molecule has 2 aromatic carbocycles. The number of β-amino-alcohol motifs (C(OH)–C–C–N with tert-alkyl or cyclic N) is 1. The minimum atomic E-state index is -0.797. The highest BCUT2D eigenvalue weighted by molar-refractivity contribution is 7.13. The third-order valence-corrected chi connectivity index (χ3v) is 20.4. The monoisotopic (exact) mass is 1150 g/mol. The number of aromatic hydroxyl groups is 1. The van der Waals surface area contributed by atoms with Crippen LogP contribution in [0.3, 0.4) is 0 Å². The van der Waals surface area contributed by atoms with Crippen molar-refractivity contribution in [2.24, 2.45) is 17.3 Å². The molecule has 7 fully saturated rings. The van der Waals surface area contributed by atoms with E-state index in [1.165, 1.54) is 25.9 Å². The van der Waals surface area contributed by atoms with Crippen LogP contribution in [0.2, 0.25) is 0 Å². The molecule has 10 heterocycles. The molecule has 1 saturated carbocycles. The van der Waals surface area contributed by atoms with Crippen LogP contribution in [0.15, 0.2) is 89.0 Å². The number of hydrogen-bond donors (Lipinski definition) is 4. The van der Waals surface area contributed by atoms with Gasteiger partial charge in [0.1, 0.15) is 23.8 Å². The maximum Gasteiger partial charge on any atom is 0.243 e. The summed E-state index contributed by atoms with van der Waals surface area (Å²) < 4.78 is 12.6. The molecule has 2 bridgehead atoms. The number of amides is 2. The smallest absolute Gasteiger partial charge is 0.243 e. The van der Waals surface area contributed by atoms with Crippen LogP contribution in [-0.4, -0.2) is 164 Å². The van der Waals surface area contributed by atoms with Crippen molar-refractivity contribution in [2.45, 2.75) is 134 Å². The topological polar surface area (TPSA) is 219 Å². The molecule has 1 spiro atoms. The standard InChI is InChI=1S/C63H79N13O6S/c1-38(2)58(62(80)75-34-48(77)26-53(75)61(79)67-39(3)42-9-11-43(12-10-42)59-40(4)66-37-83-59)55-28-56(70-82-55)72-23-16-41(17-24-72)31-71-21-18-44(19-22-71)74-35-63(36-74)29-49(30-63)81-57-25-45(15-20-65-57)76-46-13-14-47(76)33-73(32-46)52-27-51(68-69-60(52)64)50-7-5-6-8-54(50)78/h5-12,15,20,25,27-28,37-39,41,44,46-49,53,58,77-78H,13-14,16-19,21-24,26,29-36H2,1-4H3,(H2,64,69)(H,67,79)/t39-,46?,47?,48+,53-,58+/m0/s1. The van der Waals surface area contributed by atoms with Gasteiger partial charge in [-0.1, -0.05) is 55.4 Å². The number of aromatic nitrogens is 5. The average Bonchev–Trinajstić information content (AvgIpc) is 4.27. The summed E-state index contributed by atoms with van der Waals surface area (Å²) in [5.74, 6) is 1.89. The largest absolute Gasteiger partial charge is 0.507 e. The minimum Gasteiger partial charge on any atom is -0.507 e. The molecule has 2 unspecified atom stereocenters. The first-order chi connectivity index (χ1) is 40.2. The molecular weight excluding hydrogens is 1070 g/mol. The predicted octanol–water partition coefficient (Wildman–Crippen LogP) is 7.91. The zero-order valence-corrected chi connectivity index (χ0v) is 49.0. The van der Waals surface area contributed by atoms with Gasteiger partial charge in [-0.15, -0.1) is 21.5 Å². The first-order valence-electron chi connectivity index (χ1n) is 30.3. The van der Waals surface area contributed by atoms with Crippen LogP contribution < -0.4 is 30.5 Å². The fourth-order valence-corrected chi connectivity index (χ4v) is 15.8. The van der Waals surface area contributed by atoms with Gasteiger partial charge in [0.05, 0.1) is 39.6 Å². The number of nitrogens with zero attached hydrogens (tertiary/aromatic N) is 11. The van der Waals surface area contributed by atoms with Crippen LogP contribution in [-0.2, 0) is 9.59 Å². The van der Waals surface area contributed by atoms with Gasteiger partial charge in [0, 0.05) is 112 Å². The number of piperidine rings is 2. The summed E-state index contributed by atoms with van der Waals surface area (Å²) in [7, 11) is 0. The third kappa shape index (κ3) is 11.2. The fourth-order valence-electron chi connectivity index (χ4n) is 15.0. The number of likely N-dealkylation sites (tertiary alicyclic amines) is 3. The number of carbonyl (C=O) groups is 2. The Morgan fingerprint density at radius 3 is 2.33 bits per heavy atom. The molecule has 13 rings (SSSR count). The van der Waals surface area contributed by atoms with Crippen LogP contribution >= 0.6 is 11.3 Å². The number of piperazine rings is 1. The number of thiazole rings is 1. The number of phenolic OH excluding ortho intramolecular Hbond substituents is 1. The number of aliphatic hydroxyl groups excluding tert-OH is 1. The van der Waals surface area contributed by atoms with Crippen molar-refractivity contribution in [1.82, 2.24) is 45.3 Å². The number of nitrogens with two attached hydrogens (primary N) is 1. The van der Waals surface area contributed by atoms with Crippen molar-refractivity contribution >= 4 is 46.2 Å². The number of pyridine rings is 1. The van der Waals surface area contributed by atoms with Gasteiger partial charge in [-0.05, 0) is 126 Å². The Morgan fingerprint density at radius 1 is 0.867 bits per heavy atom. The van der Waals surface area contributed by atoms with E-state index in [0.717, 1.165) is 129 Å². The second-order valence-corrected chi connectivity index (χ2v) is 26.3. The number of para-hydroxylation sites is 1. The molecule has 0 radical (unpaired) electrons. The number of anilines is 4. The Balaban J connectivity index is 0.534. The molecular formula is C63H79N13O6S. The van der Waals surface area contributed by atoms with Gasteiger partial charge in [0.15, 0.2) is 17.4 Å². The first kappa shape index (κ1) is 55.3. The molecule has 6 saturated heterocycles. The third-order valence-electron chi connectivity index (χ3n) is 19.4. The second kappa shape index (κ2) is 22.9. The number of ether oxygens (including phenoxy) is 1. The quantitative estimate of drug-likeness (QED) is 0.0724. The van der Waals surface area contributed by atoms with Crippen LogP contribution in [0.4, 0.5) is 23.0 Å². The number of rotatable bonds is 16. The van der Waals surface area contributed by atoms with E-state index < -0.39 is 18.1 Å². The Bertz CT molecular complexity index is 3260. The fraction of sp³-hybridized carbons (Fsp3) is 0.540. The molecule has 5 N–H and O–H groups in total. The lowest BCUT2D eigenvalue weighted by Gasteiger charge is -2.61. The van der Waals surface area contributed by atoms with Gasteiger partial charge in [0.2, 0.25) is 17.7 Å². The number of nitrogens with one attached hydrogen (secondary N) is 1. The minimum absolute atomic E-state index is 0.0915. The Hall–Kier alpha value is -6.87. The number of nitrogen functional groups attached to an aromatic ring is 1. The summed E-state index contributed by atoms with van der Waals surface area (Å²) in [6.07, 6.45) is 10.4. The lowest BCUT2D eigenvalue weighted by Crippen LogP contribution is -2.67. The average molecular weight is 1150 g/mol. The van der Waals surface area contributed by atoms with Crippen molar-refractivity contribution in [3.63, 3.8) is 0 Å². The van der Waals surface area contributed by atoms with E-state index in [4.69, 9.17) is 15.0 Å². The summed E-state index contributed by atoms with van der Waals surface area (Å²) in [5.41, 5.74) is 14.9. The summed E-state index contributed by atoms with van der Waals surface area (Å²) in [4.78, 5) is 52.6. The molecule has 4 aromatic heterocycles. The molecule has 6 aliphatic heterocycles. The predicted molar refractivity (Wildman–Crippen MR) is 320 cm³/mol. The van der Waals surface area contributed by atoms with Crippen LogP contribution in [0.25, 0.3) is 21.7 Å². The van der Waals surface area contributed by atoms with Crippen molar-refractivity contribution in [1.29, 1.82) is 0 Å². The molecule has 2 amide bonds. The van der Waals surface area contributed by atoms with Crippen molar-refractivity contribution in [3.05, 3.63) is 102 Å². The Kier molecular flexibility index (Phi) is 15.3. The highest BCUT2D eigenvalue weighted by Crippen LogP contribution is 2.51. The van der Waals surface area contributed by atoms with E-state index in [0.29, 0.717) is 52.3 Å². The SMILES string of the molecule is Cc1ncsc1-c1ccc([C@H](C)NC(=O)[C@@H]2C[C@@H](O)CN2C(=O)[C@@H](c2cc(N3CCC(CN4CCC(N5CC6(CC(Oc7cc(N8C9CCC8CN(c8cc(-c%10ccccc%10O)nnc8N)C9)ccn7)C6)C5)CC4)CC3)no2)C(C)C)cc1. The number of benzene rings is 2. The van der Waals surface area contributed by atoms with E-state index >= 15 is 0 Å². The van der Waals surface area contributed by atoms with Crippen molar-refractivity contribution in [2.75, 3.05) is 85.9 Å². The molecule has 438 valence electrons. The van der Waals surface area contributed by atoms with Gasteiger partial charge in [-0.25, -0.2) is 9.97 Å². The highest BCUT2D eigenvalue weighted by atomic mass is 32.1. The van der Waals surface area contributed by atoms with Crippen molar-refractivity contribution in [3.8, 4) is 33.3 Å². The van der Waals surface area contributed by atoms with E-state index in [-0.39, 0.29) is 48.6 Å². The van der Waals surface area contributed by atoms with E-state index in [1.54, 1.807) is 28.4 Å². The molecule has 19 nitrogen and oxygen atoms in total. The van der Waals surface area contributed by atoms with Crippen LogP contribution in [0.5, 0.6) is 11.6 Å². The Morgan fingerprint density at radius 2 is 1.61 bits per heavy atom. The zero-order chi connectivity index (χ0) is 57.1. The van der Waals surface area contributed by atoms with Gasteiger partial charge in [-0.3, -0.25) is 14.5 Å². The van der Waals surface area contributed by atoms with Gasteiger partial charge >= 0.3 is 0 Å². The first-order valence-corrected chi connectivity index (χ1v) is 31.1. The second-order valence-electron chi connectivity index (χ2n) is 25.4. The van der Waals surface area contributed by atoms with Crippen LogP contribution in [0, 0.1) is 24.2 Å². The Labute approximate surface area is 490 Å². The number of fused-ring (bicyclic) bond motifs is 2. The van der Waals surface area contributed by atoms with Gasteiger partial charge < -0.3 is 55.0 Å². The number of hydrogen-bond acceptors (Lipinski definition) is 18. The number of phenols is 1. The molecule has 6 atom stereocenters. The lowest BCUT2D eigenvalue weighted by molar-refractivity contribution is -0.141. The molecule has 6 aromatic rings. The summed E-state index contributed by atoms with van der Waals surface area (Å²) >= 11 is 1.60. The van der Waals surface area contributed by atoms with Gasteiger partial charge in [-0.2, -0.15) is 0 Å². The normalized spacial score (nSPS) is 24.1. The zero-order valence-electron chi connectivity index (χ0n) is 48.2. The maximum atomic E-state index is 14.4. The summed E-state index contributed by atoms with van der Waals surface area (Å²) in [6.45, 7) is 17.2. The van der Waals surface area contributed by atoms with E-state index in [9.17, 15) is 19.8 Å². The molecule has 83 heavy (non-hydrogen) atoms. The van der Waals surface area contributed by atoms with Crippen LogP contribution in [0.1, 0.15) is 108 Å². The maximum absolute atomic E-state index is 14.4. The van der Waals surface area contributed by atoms with Crippen molar-refractivity contribution < 1.29 is 29.1 Å². The number of aliphatic hydroxyl groups is 1. The van der Waals surface area contributed by atoms with Gasteiger partial charge in [0.25, 0.3) is 0 Å². The highest BCUT2D eigenvalue weighted by Gasteiger charge is 2.55. The molecule has 20 heteroatoms. The molecule has 7 aliphatic rings. The van der Waals surface area contributed by atoms with E-state index in [1.807, 2.05) is 87.9 Å². The number of carbonyl (C=O) groups excluding carboxylic acids is 2. The summed E-state index contributed by atoms with van der Waals surface area (Å²) in [5, 5.41) is 37.5. The lowest BCUT2D eigenvalue weighted by atomic mass is 9.61. The number of aryl methyl sites for hydroxylation is 1. The summed E-state index contributed by atoms with van der Waals surface area (Å²) in [6, 6.07) is 23.7. The molecule has 1 aliphatic carbocycles. The van der Waals surface area contributed by atoms with E-state index in [2.05, 4.69) is 67.3 Å².